The Kier molecular flexibility index (Phi) is 6.59. The van der Waals surface area contributed by atoms with E-state index in [-0.39, 0.29) is 11.5 Å². The van der Waals surface area contributed by atoms with Crippen LogP contribution in [0.1, 0.15) is 81.9 Å². The minimum atomic E-state index is -0.179. The summed E-state index contributed by atoms with van der Waals surface area (Å²) in [4.78, 5) is 0. The fourth-order valence-corrected chi connectivity index (χ4v) is 4.37. The molecule has 1 N–H and O–H groups in total. The van der Waals surface area contributed by atoms with Gasteiger partial charge in [0.05, 0.1) is 6.10 Å². The maximum atomic E-state index is 10.2. The van der Waals surface area contributed by atoms with Crippen LogP contribution in [0.5, 0.6) is 5.75 Å². The fourth-order valence-electron chi connectivity index (χ4n) is 4.37. The zero-order chi connectivity index (χ0) is 19.3. The number of aliphatic hydroxyl groups excluding tert-OH is 1. The normalized spacial score (nSPS) is 20.4. The van der Waals surface area contributed by atoms with E-state index in [9.17, 15) is 5.11 Å². The Morgan fingerprint density at radius 1 is 1.07 bits per heavy atom. The SMILES string of the molecule is CCCC(C)(C)c1ccc([C@@H]2CCC[C@@H](O)C2)c(OCc2ccccc2)c1. The zero-order valence-electron chi connectivity index (χ0n) is 17.1. The van der Waals surface area contributed by atoms with Crippen molar-refractivity contribution in [2.45, 2.75) is 83.3 Å². The molecule has 3 rings (SSSR count). The molecule has 0 heterocycles. The summed E-state index contributed by atoms with van der Waals surface area (Å²) < 4.78 is 6.34. The Bertz CT molecular complexity index is 720. The van der Waals surface area contributed by atoms with Crippen LogP contribution >= 0.6 is 0 Å². The molecular formula is C25H34O2. The van der Waals surface area contributed by atoms with E-state index in [2.05, 4.69) is 63.2 Å². The van der Waals surface area contributed by atoms with Crippen molar-refractivity contribution in [3.05, 3.63) is 65.2 Å². The van der Waals surface area contributed by atoms with Gasteiger partial charge in [-0.15, -0.1) is 0 Å². The maximum absolute atomic E-state index is 10.2. The first kappa shape index (κ1) is 19.9. The predicted octanol–water partition coefficient (Wildman–Crippen LogP) is 6.36. The number of rotatable bonds is 7. The second kappa shape index (κ2) is 8.93. The number of ether oxygens (including phenoxy) is 1. The van der Waals surface area contributed by atoms with Crippen LogP contribution in [0.3, 0.4) is 0 Å². The Morgan fingerprint density at radius 2 is 1.85 bits per heavy atom. The number of aliphatic hydroxyl groups is 1. The molecule has 0 radical (unpaired) electrons. The highest BCUT2D eigenvalue weighted by Gasteiger charge is 2.26. The molecule has 0 aromatic heterocycles. The molecule has 0 spiro atoms. The Morgan fingerprint density at radius 3 is 2.56 bits per heavy atom. The molecule has 1 fully saturated rings. The molecule has 0 amide bonds. The lowest BCUT2D eigenvalue weighted by Gasteiger charge is -2.30. The van der Waals surface area contributed by atoms with E-state index in [0.29, 0.717) is 12.5 Å². The predicted molar refractivity (Wildman–Crippen MR) is 112 cm³/mol. The number of benzene rings is 2. The molecule has 0 saturated heterocycles. The van der Waals surface area contributed by atoms with Crippen molar-refractivity contribution in [3.8, 4) is 5.75 Å². The monoisotopic (exact) mass is 366 g/mol. The fraction of sp³-hybridized carbons (Fsp3) is 0.520. The molecule has 0 aliphatic heterocycles. The molecule has 1 saturated carbocycles. The van der Waals surface area contributed by atoms with Crippen LogP contribution < -0.4 is 4.74 Å². The van der Waals surface area contributed by atoms with E-state index < -0.39 is 0 Å². The Hall–Kier alpha value is -1.80. The van der Waals surface area contributed by atoms with Gasteiger partial charge in [-0.25, -0.2) is 0 Å². The molecule has 2 nitrogen and oxygen atoms in total. The molecular weight excluding hydrogens is 332 g/mol. The molecule has 1 aliphatic carbocycles. The van der Waals surface area contributed by atoms with Crippen LogP contribution in [0.25, 0.3) is 0 Å². The summed E-state index contributed by atoms with van der Waals surface area (Å²) in [5.74, 6) is 1.39. The molecule has 2 atom stereocenters. The van der Waals surface area contributed by atoms with Gasteiger partial charge in [-0.05, 0) is 59.8 Å². The van der Waals surface area contributed by atoms with Crippen LogP contribution in [-0.2, 0) is 12.0 Å². The van der Waals surface area contributed by atoms with Gasteiger partial charge >= 0.3 is 0 Å². The summed E-state index contributed by atoms with van der Waals surface area (Å²) in [5, 5.41) is 10.2. The molecule has 0 unspecified atom stereocenters. The van der Waals surface area contributed by atoms with E-state index in [4.69, 9.17) is 4.74 Å². The minimum Gasteiger partial charge on any atom is -0.489 e. The van der Waals surface area contributed by atoms with Crippen molar-refractivity contribution >= 4 is 0 Å². The molecule has 27 heavy (non-hydrogen) atoms. The van der Waals surface area contributed by atoms with Crippen LogP contribution in [0.15, 0.2) is 48.5 Å². The van der Waals surface area contributed by atoms with Crippen molar-refractivity contribution in [2.75, 3.05) is 0 Å². The average molecular weight is 367 g/mol. The van der Waals surface area contributed by atoms with Gasteiger partial charge in [-0.2, -0.15) is 0 Å². The second-order valence-electron chi connectivity index (χ2n) is 8.68. The summed E-state index contributed by atoms with van der Waals surface area (Å²) in [6.45, 7) is 7.46. The lowest BCUT2D eigenvalue weighted by molar-refractivity contribution is 0.118. The Labute approximate surface area is 164 Å². The smallest absolute Gasteiger partial charge is 0.123 e. The van der Waals surface area contributed by atoms with Gasteiger partial charge in [0.15, 0.2) is 0 Å². The van der Waals surface area contributed by atoms with Crippen molar-refractivity contribution in [3.63, 3.8) is 0 Å². The van der Waals surface area contributed by atoms with Gasteiger partial charge in [0.1, 0.15) is 12.4 Å². The lowest BCUT2D eigenvalue weighted by Crippen LogP contribution is -2.20. The Balaban J connectivity index is 1.89. The van der Waals surface area contributed by atoms with Crippen LogP contribution in [-0.4, -0.2) is 11.2 Å². The third-order valence-corrected chi connectivity index (χ3v) is 5.99. The van der Waals surface area contributed by atoms with Gasteiger partial charge in [-0.3, -0.25) is 0 Å². The molecule has 2 heteroatoms. The minimum absolute atomic E-state index is 0.143. The van der Waals surface area contributed by atoms with Crippen molar-refractivity contribution in [1.29, 1.82) is 0 Å². The number of hydrogen-bond donors (Lipinski definition) is 1. The molecule has 1 aliphatic rings. The largest absolute Gasteiger partial charge is 0.489 e. The molecule has 2 aromatic rings. The van der Waals surface area contributed by atoms with Gasteiger partial charge in [0, 0.05) is 0 Å². The van der Waals surface area contributed by atoms with E-state index >= 15 is 0 Å². The third-order valence-electron chi connectivity index (χ3n) is 5.99. The quantitative estimate of drug-likeness (QED) is 0.617. The summed E-state index contributed by atoms with van der Waals surface area (Å²) in [6, 6.07) is 17.2. The standard InChI is InChI=1S/C25H34O2/c1-4-15-25(2,3)21-13-14-23(20-11-8-12-22(26)16-20)24(17-21)27-18-19-9-6-5-7-10-19/h5-7,9-10,13-14,17,20,22,26H,4,8,11-12,15-16,18H2,1-3H3/t20-,22-/m1/s1. The highest BCUT2D eigenvalue weighted by molar-refractivity contribution is 5.43. The van der Waals surface area contributed by atoms with Crippen molar-refractivity contribution < 1.29 is 9.84 Å². The summed E-state index contributed by atoms with van der Waals surface area (Å²) in [7, 11) is 0. The molecule has 2 aromatic carbocycles. The first-order valence-electron chi connectivity index (χ1n) is 10.5. The topological polar surface area (TPSA) is 29.5 Å². The second-order valence-corrected chi connectivity index (χ2v) is 8.68. The summed E-state index contributed by atoms with van der Waals surface area (Å²) in [5.41, 5.74) is 3.93. The van der Waals surface area contributed by atoms with E-state index in [1.807, 2.05) is 6.07 Å². The maximum Gasteiger partial charge on any atom is 0.123 e. The van der Waals surface area contributed by atoms with Crippen molar-refractivity contribution in [2.24, 2.45) is 0 Å². The third kappa shape index (κ3) is 5.13. The lowest BCUT2D eigenvalue weighted by atomic mass is 9.78. The molecule has 0 bridgehead atoms. The number of hydrogen-bond acceptors (Lipinski definition) is 2. The zero-order valence-corrected chi connectivity index (χ0v) is 17.1. The van der Waals surface area contributed by atoms with E-state index in [1.165, 1.54) is 23.1 Å². The average Bonchev–Trinajstić information content (AvgIpc) is 2.67. The highest BCUT2D eigenvalue weighted by Crippen LogP contribution is 2.40. The highest BCUT2D eigenvalue weighted by atomic mass is 16.5. The van der Waals surface area contributed by atoms with Crippen LogP contribution in [0.4, 0.5) is 0 Å². The van der Waals surface area contributed by atoms with Gasteiger partial charge in [-0.1, -0.05) is 76.1 Å². The first-order chi connectivity index (χ1) is 13.0. The van der Waals surface area contributed by atoms with E-state index in [1.54, 1.807) is 0 Å². The van der Waals surface area contributed by atoms with Crippen LogP contribution in [0, 0.1) is 0 Å². The van der Waals surface area contributed by atoms with Crippen LogP contribution in [0.2, 0.25) is 0 Å². The summed E-state index contributed by atoms with van der Waals surface area (Å²) in [6.07, 6.45) is 6.15. The van der Waals surface area contributed by atoms with Gasteiger partial charge in [0.25, 0.3) is 0 Å². The first-order valence-corrected chi connectivity index (χ1v) is 10.5. The van der Waals surface area contributed by atoms with E-state index in [0.717, 1.165) is 37.9 Å². The molecule has 146 valence electrons. The van der Waals surface area contributed by atoms with Gasteiger partial charge in [0.2, 0.25) is 0 Å². The van der Waals surface area contributed by atoms with Gasteiger partial charge < -0.3 is 9.84 Å². The van der Waals surface area contributed by atoms with Crippen molar-refractivity contribution in [1.82, 2.24) is 0 Å². The summed E-state index contributed by atoms with van der Waals surface area (Å²) >= 11 is 0.